The summed E-state index contributed by atoms with van der Waals surface area (Å²) in [5.41, 5.74) is -0.324. The number of hydrogen-bond acceptors (Lipinski definition) is 4. The highest BCUT2D eigenvalue weighted by Crippen LogP contribution is 2.17. The van der Waals surface area contributed by atoms with E-state index in [2.05, 4.69) is 11.4 Å². The molecule has 0 radical (unpaired) electrons. The van der Waals surface area contributed by atoms with Crippen LogP contribution in [0.4, 0.5) is 0 Å². The number of aliphatic hydroxyl groups excluding tert-OH is 1. The molecule has 1 amide bonds. The predicted octanol–water partition coefficient (Wildman–Crippen LogP) is 2.26. The lowest BCUT2D eigenvalue weighted by molar-refractivity contribution is -0.120. The van der Waals surface area contributed by atoms with E-state index in [1.54, 1.807) is 23.1 Å². The van der Waals surface area contributed by atoms with E-state index in [0.717, 1.165) is 5.75 Å². The third-order valence-electron chi connectivity index (χ3n) is 2.27. The van der Waals surface area contributed by atoms with Crippen LogP contribution in [0.25, 0.3) is 0 Å². The van der Waals surface area contributed by atoms with Crippen LogP contribution >= 0.6 is 23.1 Å². The SMILES string of the molecule is CC(C)(CCO)NC(=O)CSCc1cccs1. The van der Waals surface area contributed by atoms with Crippen LogP contribution < -0.4 is 5.32 Å². The Balaban J connectivity index is 2.21. The van der Waals surface area contributed by atoms with E-state index in [9.17, 15) is 4.79 Å². The highest BCUT2D eigenvalue weighted by Gasteiger charge is 2.19. The number of rotatable bonds is 7. The summed E-state index contributed by atoms with van der Waals surface area (Å²) in [5, 5.41) is 13.8. The molecule has 1 aromatic heterocycles. The van der Waals surface area contributed by atoms with Gasteiger partial charge in [0, 0.05) is 22.8 Å². The zero-order valence-corrected chi connectivity index (χ0v) is 11.9. The number of thiophene rings is 1. The van der Waals surface area contributed by atoms with Crippen molar-refractivity contribution in [2.45, 2.75) is 31.6 Å². The number of amides is 1. The lowest BCUT2D eigenvalue weighted by atomic mass is 10.0. The fourth-order valence-corrected chi connectivity index (χ4v) is 3.06. The molecule has 0 saturated carbocycles. The van der Waals surface area contributed by atoms with Crippen molar-refractivity contribution in [1.29, 1.82) is 0 Å². The highest BCUT2D eigenvalue weighted by atomic mass is 32.2. The lowest BCUT2D eigenvalue weighted by Gasteiger charge is -2.25. The van der Waals surface area contributed by atoms with Crippen molar-refractivity contribution in [3.05, 3.63) is 22.4 Å². The number of aliphatic hydroxyl groups is 1. The summed E-state index contributed by atoms with van der Waals surface area (Å²) in [6.45, 7) is 3.94. The molecule has 17 heavy (non-hydrogen) atoms. The first-order valence-corrected chi connectivity index (χ1v) is 7.59. The topological polar surface area (TPSA) is 49.3 Å². The fourth-order valence-electron chi connectivity index (χ4n) is 1.39. The van der Waals surface area contributed by atoms with Crippen molar-refractivity contribution < 1.29 is 9.90 Å². The average molecular weight is 273 g/mol. The monoisotopic (exact) mass is 273 g/mol. The molecule has 3 nitrogen and oxygen atoms in total. The molecule has 1 rings (SSSR count). The molecule has 0 aliphatic rings. The minimum atomic E-state index is -0.324. The molecule has 2 N–H and O–H groups in total. The number of carbonyl (C=O) groups is 1. The first-order chi connectivity index (χ1) is 8.03. The molecule has 0 unspecified atom stereocenters. The molecule has 1 heterocycles. The summed E-state index contributed by atoms with van der Waals surface area (Å²) in [5.74, 6) is 1.38. The van der Waals surface area contributed by atoms with Crippen molar-refractivity contribution in [2.24, 2.45) is 0 Å². The van der Waals surface area contributed by atoms with Gasteiger partial charge >= 0.3 is 0 Å². The Morgan fingerprint density at radius 3 is 2.94 bits per heavy atom. The highest BCUT2D eigenvalue weighted by molar-refractivity contribution is 7.99. The van der Waals surface area contributed by atoms with Crippen molar-refractivity contribution in [1.82, 2.24) is 5.32 Å². The van der Waals surface area contributed by atoms with E-state index < -0.39 is 0 Å². The van der Waals surface area contributed by atoms with Crippen LogP contribution in [0.15, 0.2) is 17.5 Å². The van der Waals surface area contributed by atoms with Crippen molar-refractivity contribution >= 4 is 29.0 Å². The van der Waals surface area contributed by atoms with E-state index in [4.69, 9.17) is 5.11 Å². The largest absolute Gasteiger partial charge is 0.396 e. The molecular weight excluding hydrogens is 254 g/mol. The quantitative estimate of drug-likeness (QED) is 0.801. The van der Waals surface area contributed by atoms with Crippen LogP contribution in [0, 0.1) is 0 Å². The normalized spacial score (nSPS) is 11.5. The molecule has 0 atom stereocenters. The summed E-state index contributed by atoms with van der Waals surface area (Å²) in [7, 11) is 0. The predicted molar refractivity (Wildman–Crippen MR) is 74.4 cm³/mol. The average Bonchev–Trinajstić information content (AvgIpc) is 2.69. The van der Waals surface area contributed by atoms with Gasteiger partial charge in [0.2, 0.25) is 5.91 Å². The lowest BCUT2D eigenvalue weighted by Crippen LogP contribution is -2.44. The van der Waals surface area contributed by atoms with Gasteiger partial charge in [-0.1, -0.05) is 6.07 Å². The summed E-state index contributed by atoms with van der Waals surface area (Å²) in [6, 6.07) is 4.09. The third kappa shape index (κ3) is 6.10. The van der Waals surface area contributed by atoms with Gasteiger partial charge in [0.15, 0.2) is 0 Å². The zero-order valence-electron chi connectivity index (χ0n) is 10.2. The van der Waals surface area contributed by atoms with E-state index in [-0.39, 0.29) is 18.1 Å². The van der Waals surface area contributed by atoms with Gasteiger partial charge in [-0.3, -0.25) is 4.79 Å². The first-order valence-electron chi connectivity index (χ1n) is 5.55. The molecule has 0 aliphatic heterocycles. The third-order valence-corrected chi connectivity index (χ3v) is 4.31. The van der Waals surface area contributed by atoms with Crippen molar-refractivity contribution in [3.63, 3.8) is 0 Å². The van der Waals surface area contributed by atoms with Crippen LogP contribution in [-0.4, -0.2) is 28.9 Å². The van der Waals surface area contributed by atoms with Gasteiger partial charge in [-0.05, 0) is 31.7 Å². The Labute approximate surface area is 111 Å². The Morgan fingerprint density at radius 2 is 2.35 bits per heavy atom. The van der Waals surface area contributed by atoms with E-state index in [0.29, 0.717) is 12.2 Å². The summed E-state index contributed by atoms with van der Waals surface area (Å²) in [4.78, 5) is 12.9. The summed E-state index contributed by atoms with van der Waals surface area (Å²) in [6.07, 6.45) is 0.578. The van der Waals surface area contributed by atoms with E-state index >= 15 is 0 Å². The van der Waals surface area contributed by atoms with Crippen LogP contribution in [0.3, 0.4) is 0 Å². The van der Waals surface area contributed by atoms with Gasteiger partial charge in [-0.2, -0.15) is 0 Å². The van der Waals surface area contributed by atoms with Gasteiger partial charge in [0.1, 0.15) is 0 Å². The van der Waals surface area contributed by atoms with Crippen LogP contribution in [0.1, 0.15) is 25.1 Å². The first kappa shape index (κ1) is 14.5. The van der Waals surface area contributed by atoms with Crippen LogP contribution in [-0.2, 0) is 10.5 Å². The Hall–Kier alpha value is -0.520. The van der Waals surface area contributed by atoms with Crippen molar-refractivity contribution in [2.75, 3.05) is 12.4 Å². The minimum Gasteiger partial charge on any atom is -0.396 e. The van der Waals surface area contributed by atoms with Gasteiger partial charge in [-0.15, -0.1) is 23.1 Å². The smallest absolute Gasteiger partial charge is 0.230 e. The van der Waals surface area contributed by atoms with Crippen molar-refractivity contribution in [3.8, 4) is 0 Å². The maximum Gasteiger partial charge on any atom is 0.230 e. The Morgan fingerprint density at radius 1 is 1.59 bits per heavy atom. The van der Waals surface area contributed by atoms with Gasteiger partial charge in [0.25, 0.3) is 0 Å². The second kappa shape index (κ2) is 7.03. The van der Waals surface area contributed by atoms with Crippen LogP contribution in [0.5, 0.6) is 0 Å². The minimum absolute atomic E-state index is 0.0324. The van der Waals surface area contributed by atoms with E-state index in [1.165, 1.54) is 4.88 Å². The second-order valence-electron chi connectivity index (χ2n) is 4.48. The Bertz CT molecular complexity index is 336. The molecule has 5 heteroatoms. The maximum absolute atomic E-state index is 11.7. The Kier molecular flexibility index (Phi) is 6.02. The van der Waals surface area contributed by atoms with Gasteiger partial charge < -0.3 is 10.4 Å². The zero-order chi connectivity index (χ0) is 12.7. The van der Waals surface area contributed by atoms with Crippen LogP contribution in [0.2, 0.25) is 0 Å². The molecular formula is C12H19NO2S2. The molecule has 0 bridgehead atoms. The number of nitrogens with one attached hydrogen (secondary N) is 1. The number of hydrogen-bond donors (Lipinski definition) is 2. The maximum atomic E-state index is 11.7. The van der Waals surface area contributed by atoms with Gasteiger partial charge in [-0.25, -0.2) is 0 Å². The fraction of sp³-hybridized carbons (Fsp3) is 0.583. The molecule has 0 aromatic carbocycles. The molecule has 96 valence electrons. The van der Waals surface area contributed by atoms with Gasteiger partial charge in [0.05, 0.1) is 5.75 Å². The second-order valence-corrected chi connectivity index (χ2v) is 6.50. The molecule has 1 aromatic rings. The molecule has 0 saturated heterocycles. The van der Waals surface area contributed by atoms with E-state index in [1.807, 2.05) is 25.3 Å². The molecule has 0 fully saturated rings. The molecule has 0 spiro atoms. The number of thioether (sulfide) groups is 1. The number of carbonyl (C=O) groups excluding carboxylic acids is 1. The summed E-state index contributed by atoms with van der Waals surface area (Å²) < 4.78 is 0. The summed E-state index contributed by atoms with van der Waals surface area (Å²) >= 11 is 3.32. The molecule has 0 aliphatic carbocycles. The standard InChI is InChI=1S/C12H19NO2S2/c1-12(2,5-6-14)13-11(15)9-16-8-10-4-3-7-17-10/h3-4,7,14H,5-6,8-9H2,1-2H3,(H,13,15).